The Hall–Kier alpha value is -1.28. The number of carboxylic acid groups (broad SMARTS) is 1. The van der Waals surface area contributed by atoms with Crippen LogP contribution in [0, 0.1) is 17.3 Å². The minimum atomic E-state index is -0.966. The molecule has 0 bridgehead atoms. The summed E-state index contributed by atoms with van der Waals surface area (Å²) in [6.45, 7) is 15.6. The topological polar surface area (TPSA) is 94.1 Å². The average molecular weight is 425 g/mol. The van der Waals surface area contributed by atoms with Crippen molar-refractivity contribution in [3.8, 4) is 0 Å². The van der Waals surface area contributed by atoms with Crippen LogP contribution in [0.3, 0.4) is 0 Å². The van der Waals surface area contributed by atoms with E-state index in [2.05, 4.69) is 5.32 Å². The first-order valence-corrected chi connectivity index (χ1v) is 11.2. The predicted molar refractivity (Wildman–Crippen MR) is 116 cm³/mol. The molecule has 1 heterocycles. The van der Waals surface area contributed by atoms with Crippen molar-refractivity contribution in [3.05, 3.63) is 0 Å². The van der Waals surface area contributed by atoms with Gasteiger partial charge < -0.3 is 24.5 Å². The lowest BCUT2D eigenvalue weighted by molar-refractivity contribution is -0.151. The summed E-state index contributed by atoms with van der Waals surface area (Å²) in [6.07, 6.45) is 3.13. The van der Waals surface area contributed by atoms with Crippen LogP contribution in [-0.4, -0.2) is 47.6 Å². The number of hydrogen-bond donors (Lipinski definition) is 2. The highest BCUT2D eigenvalue weighted by Crippen LogP contribution is 2.51. The van der Waals surface area contributed by atoms with Crippen molar-refractivity contribution in [1.29, 1.82) is 0 Å². The van der Waals surface area contributed by atoms with Crippen molar-refractivity contribution in [2.24, 2.45) is 17.3 Å². The Morgan fingerprint density at radius 1 is 1.17 bits per heavy atom. The van der Waals surface area contributed by atoms with Crippen LogP contribution >= 0.6 is 0 Å². The first kappa shape index (κ1) is 25.0. The number of amides is 1. The normalized spacial score (nSPS) is 30.3. The van der Waals surface area contributed by atoms with Gasteiger partial charge in [-0.25, -0.2) is 4.79 Å². The van der Waals surface area contributed by atoms with Crippen LogP contribution in [-0.2, 0) is 18.8 Å². The fourth-order valence-corrected chi connectivity index (χ4v) is 4.89. The molecule has 30 heavy (non-hydrogen) atoms. The van der Waals surface area contributed by atoms with Gasteiger partial charge in [0.2, 0.25) is 0 Å². The molecule has 1 saturated carbocycles. The summed E-state index contributed by atoms with van der Waals surface area (Å²) in [4.78, 5) is 24.4. The molecule has 7 nitrogen and oxygen atoms in total. The van der Waals surface area contributed by atoms with Gasteiger partial charge in [0.25, 0.3) is 0 Å². The van der Waals surface area contributed by atoms with Crippen LogP contribution in [0.5, 0.6) is 0 Å². The van der Waals surface area contributed by atoms with Gasteiger partial charge in [-0.2, -0.15) is 0 Å². The molecule has 2 aliphatic rings. The first-order chi connectivity index (χ1) is 13.6. The number of nitrogens with one attached hydrogen (secondary N) is 1. The SMILES string of the molecule is CCC1C(CCB2OC(C)(C)C(C)(C)O2)CCC1(CNC(=O)OC(C)(C)C)C(=O)O. The van der Waals surface area contributed by atoms with E-state index in [-0.39, 0.29) is 36.7 Å². The number of carbonyl (C=O) groups excluding carboxylic acids is 1. The molecule has 2 N–H and O–H groups in total. The smallest absolute Gasteiger partial charge is 0.457 e. The van der Waals surface area contributed by atoms with E-state index in [1.807, 2.05) is 34.6 Å². The highest BCUT2D eigenvalue weighted by molar-refractivity contribution is 6.45. The summed E-state index contributed by atoms with van der Waals surface area (Å²) in [5.74, 6) is -0.610. The van der Waals surface area contributed by atoms with Crippen molar-refractivity contribution in [1.82, 2.24) is 5.32 Å². The average Bonchev–Trinajstić information content (AvgIpc) is 3.03. The van der Waals surface area contributed by atoms with E-state index in [9.17, 15) is 14.7 Å². The largest absolute Gasteiger partial charge is 0.481 e. The molecule has 172 valence electrons. The number of carboxylic acids is 1. The van der Waals surface area contributed by atoms with E-state index < -0.39 is 23.1 Å². The third kappa shape index (κ3) is 5.31. The van der Waals surface area contributed by atoms with Gasteiger partial charge in [0, 0.05) is 6.54 Å². The number of alkyl carbamates (subject to hydrolysis) is 1. The molecule has 2 rings (SSSR count). The van der Waals surface area contributed by atoms with Gasteiger partial charge in [-0.3, -0.25) is 4.79 Å². The standard InChI is InChI=1S/C22H40BNO6/c1-9-16-15(11-13-23-29-20(5,6)21(7,8)30-23)10-12-22(16,17(25)26)14-24-18(27)28-19(2,3)4/h15-16H,9-14H2,1-8H3,(H,24,27)(H,25,26). The quantitative estimate of drug-likeness (QED) is 0.584. The van der Waals surface area contributed by atoms with Crippen LogP contribution in [0.4, 0.5) is 4.79 Å². The zero-order valence-corrected chi connectivity index (χ0v) is 20.0. The molecule has 8 heteroatoms. The summed E-state index contributed by atoms with van der Waals surface area (Å²) in [6, 6.07) is 0. The maximum Gasteiger partial charge on any atom is 0.457 e. The lowest BCUT2D eigenvalue weighted by Crippen LogP contribution is -2.47. The Bertz CT molecular complexity index is 628. The zero-order valence-electron chi connectivity index (χ0n) is 20.0. The first-order valence-electron chi connectivity index (χ1n) is 11.2. The van der Waals surface area contributed by atoms with Crippen molar-refractivity contribution >= 4 is 19.2 Å². The fraction of sp³-hybridized carbons (Fsp3) is 0.909. The highest BCUT2D eigenvalue weighted by Gasteiger charge is 2.54. The van der Waals surface area contributed by atoms with Gasteiger partial charge >= 0.3 is 19.2 Å². The van der Waals surface area contributed by atoms with Gasteiger partial charge in [-0.1, -0.05) is 19.8 Å². The molecule has 0 aromatic carbocycles. The van der Waals surface area contributed by atoms with Gasteiger partial charge in [0.15, 0.2) is 0 Å². The molecule has 0 radical (unpaired) electrons. The Kier molecular flexibility index (Phi) is 7.24. The van der Waals surface area contributed by atoms with E-state index in [1.165, 1.54) is 0 Å². The van der Waals surface area contributed by atoms with E-state index in [4.69, 9.17) is 14.0 Å². The van der Waals surface area contributed by atoms with Crippen LogP contribution in [0.15, 0.2) is 0 Å². The summed E-state index contributed by atoms with van der Waals surface area (Å²) < 4.78 is 17.5. The summed E-state index contributed by atoms with van der Waals surface area (Å²) in [5, 5.41) is 12.8. The van der Waals surface area contributed by atoms with E-state index in [0.29, 0.717) is 6.42 Å². The minimum Gasteiger partial charge on any atom is -0.481 e. The lowest BCUT2D eigenvalue weighted by atomic mass is 9.70. The lowest BCUT2D eigenvalue weighted by Gasteiger charge is -2.34. The maximum atomic E-state index is 12.3. The Morgan fingerprint density at radius 3 is 2.20 bits per heavy atom. The molecule has 0 aromatic rings. The molecule has 1 amide bonds. The summed E-state index contributed by atoms with van der Waals surface area (Å²) >= 11 is 0. The second kappa shape index (κ2) is 8.69. The van der Waals surface area contributed by atoms with Gasteiger partial charge in [-0.05, 0) is 79.5 Å². The third-order valence-electron chi connectivity index (χ3n) is 7.13. The number of aliphatic carboxylic acids is 1. The second-order valence-corrected chi connectivity index (χ2v) is 10.9. The number of hydrogen-bond acceptors (Lipinski definition) is 5. The van der Waals surface area contributed by atoms with Gasteiger partial charge in [0.05, 0.1) is 16.6 Å². The number of carbonyl (C=O) groups is 2. The number of ether oxygens (including phenoxy) is 1. The molecule has 0 spiro atoms. The second-order valence-electron chi connectivity index (χ2n) is 10.9. The molecular weight excluding hydrogens is 385 g/mol. The molecule has 0 aromatic heterocycles. The monoisotopic (exact) mass is 425 g/mol. The molecule has 2 fully saturated rings. The molecular formula is C22H40BNO6. The third-order valence-corrected chi connectivity index (χ3v) is 7.13. The highest BCUT2D eigenvalue weighted by atomic mass is 16.7. The summed E-state index contributed by atoms with van der Waals surface area (Å²) in [7, 11) is -0.271. The van der Waals surface area contributed by atoms with Crippen molar-refractivity contribution in [2.45, 2.75) is 104 Å². The van der Waals surface area contributed by atoms with E-state index >= 15 is 0 Å². The maximum absolute atomic E-state index is 12.3. The Balaban J connectivity index is 2.02. The molecule has 3 unspecified atom stereocenters. The van der Waals surface area contributed by atoms with E-state index in [1.54, 1.807) is 20.8 Å². The molecule has 1 aliphatic carbocycles. The Labute approximate surface area is 181 Å². The zero-order chi connectivity index (χ0) is 23.0. The van der Waals surface area contributed by atoms with Crippen molar-refractivity contribution in [2.75, 3.05) is 6.54 Å². The van der Waals surface area contributed by atoms with Crippen LogP contribution < -0.4 is 5.32 Å². The van der Waals surface area contributed by atoms with E-state index in [0.717, 1.165) is 25.6 Å². The fourth-order valence-electron chi connectivity index (χ4n) is 4.89. The molecule has 1 aliphatic heterocycles. The molecule has 3 atom stereocenters. The number of rotatable bonds is 7. The van der Waals surface area contributed by atoms with Gasteiger partial charge in [0.1, 0.15) is 5.60 Å². The van der Waals surface area contributed by atoms with Gasteiger partial charge in [-0.15, -0.1) is 0 Å². The predicted octanol–water partition coefficient (Wildman–Crippen LogP) is 4.50. The van der Waals surface area contributed by atoms with Crippen LogP contribution in [0.25, 0.3) is 0 Å². The van der Waals surface area contributed by atoms with Crippen LogP contribution in [0.1, 0.15) is 81.1 Å². The van der Waals surface area contributed by atoms with Crippen molar-refractivity contribution < 1.29 is 28.7 Å². The Morgan fingerprint density at radius 2 is 1.73 bits per heavy atom. The minimum absolute atomic E-state index is 0.0210. The van der Waals surface area contributed by atoms with Crippen molar-refractivity contribution in [3.63, 3.8) is 0 Å². The van der Waals surface area contributed by atoms with Crippen LogP contribution in [0.2, 0.25) is 6.32 Å². The molecule has 1 saturated heterocycles. The summed E-state index contributed by atoms with van der Waals surface area (Å²) in [5.41, 5.74) is -2.31.